The van der Waals surface area contributed by atoms with Gasteiger partial charge in [-0.15, -0.1) is 0 Å². The van der Waals surface area contributed by atoms with Gasteiger partial charge in [-0.2, -0.15) is 4.57 Å². The van der Waals surface area contributed by atoms with Crippen LogP contribution in [0.5, 0.6) is 5.75 Å². The zero-order valence-corrected chi connectivity index (χ0v) is 17.8. The third kappa shape index (κ3) is 4.10. The highest BCUT2D eigenvalue weighted by Crippen LogP contribution is 2.29. The number of ether oxygens (including phenoxy) is 1. The van der Waals surface area contributed by atoms with Crippen molar-refractivity contribution >= 4 is 21.8 Å². The van der Waals surface area contributed by atoms with E-state index < -0.39 is 0 Å². The van der Waals surface area contributed by atoms with Gasteiger partial charge in [0.1, 0.15) is 19.4 Å². The zero-order chi connectivity index (χ0) is 20.4. The molecule has 0 unspecified atom stereocenters. The first kappa shape index (κ1) is 19.4. The van der Waals surface area contributed by atoms with Crippen molar-refractivity contribution < 1.29 is 9.30 Å². The van der Waals surface area contributed by atoms with Gasteiger partial charge in [-0.05, 0) is 56.8 Å². The fraction of sp³-hybridized carbons (Fsp3) is 0.269. The molecule has 3 aromatic carbocycles. The second-order valence-electron chi connectivity index (χ2n) is 8.05. The summed E-state index contributed by atoms with van der Waals surface area (Å²) in [5, 5.41) is 2.56. The number of para-hydroxylation sites is 1. The molecule has 0 saturated carbocycles. The van der Waals surface area contributed by atoms with Crippen LogP contribution in [-0.4, -0.2) is 32.1 Å². The molecule has 0 spiro atoms. The van der Waals surface area contributed by atoms with Gasteiger partial charge in [0.05, 0.1) is 10.8 Å². The van der Waals surface area contributed by atoms with E-state index in [0.717, 1.165) is 18.7 Å². The lowest BCUT2D eigenvalue weighted by Gasteiger charge is -2.14. The quantitative estimate of drug-likeness (QED) is 0.355. The van der Waals surface area contributed by atoms with Crippen molar-refractivity contribution in [3.8, 4) is 5.75 Å². The van der Waals surface area contributed by atoms with Crippen molar-refractivity contribution in [3.63, 3.8) is 0 Å². The Morgan fingerprint density at radius 2 is 1.59 bits per heavy atom. The summed E-state index contributed by atoms with van der Waals surface area (Å²) in [4.78, 5) is 2.14. The maximum atomic E-state index is 6.05. The van der Waals surface area contributed by atoms with Gasteiger partial charge >= 0.3 is 0 Å². The van der Waals surface area contributed by atoms with E-state index in [1.807, 2.05) is 0 Å². The number of aromatic nitrogens is 1. The summed E-state index contributed by atoms with van der Waals surface area (Å²) in [6.07, 6.45) is 0.902. The summed E-state index contributed by atoms with van der Waals surface area (Å²) in [7, 11) is 6.28. The number of benzene rings is 3. The van der Waals surface area contributed by atoms with Crippen molar-refractivity contribution in [1.82, 2.24) is 4.90 Å². The van der Waals surface area contributed by atoms with Gasteiger partial charge in [-0.25, -0.2) is 0 Å². The average Bonchev–Trinajstić information content (AvgIpc) is 2.72. The van der Waals surface area contributed by atoms with E-state index >= 15 is 0 Å². The lowest BCUT2D eigenvalue weighted by molar-refractivity contribution is -0.617. The van der Waals surface area contributed by atoms with Gasteiger partial charge in [-0.3, -0.25) is 0 Å². The van der Waals surface area contributed by atoms with Crippen molar-refractivity contribution in [2.24, 2.45) is 7.05 Å². The third-order valence-electron chi connectivity index (χ3n) is 5.55. The second-order valence-corrected chi connectivity index (χ2v) is 8.05. The first-order valence-electron chi connectivity index (χ1n) is 10.2. The molecule has 0 amide bonds. The number of likely N-dealkylation sites (N-methyl/N-ethyl adjacent to an activating group) is 1. The fourth-order valence-corrected chi connectivity index (χ4v) is 3.88. The maximum Gasteiger partial charge on any atom is 0.213 e. The van der Waals surface area contributed by atoms with Crippen LogP contribution in [0, 0.1) is 6.92 Å². The average molecular weight is 386 g/mol. The second kappa shape index (κ2) is 8.22. The van der Waals surface area contributed by atoms with Crippen molar-refractivity contribution in [2.45, 2.75) is 13.3 Å². The molecule has 0 N–H and O–H groups in total. The van der Waals surface area contributed by atoms with Crippen LogP contribution in [0.4, 0.5) is 0 Å². The van der Waals surface area contributed by atoms with E-state index in [4.69, 9.17) is 4.74 Å². The van der Waals surface area contributed by atoms with Gasteiger partial charge in [0.15, 0.2) is 0 Å². The molecule has 148 valence electrons. The Hall–Kier alpha value is -2.91. The Morgan fingerprint density at radius 3 is 2.34 bits per heavy atom. The number of hydrogen-bond acceptors (Lipinski definition) is 2. The number of pyridine rings is 1. The van der Waals surface area contributed by atoms with Crippen LogP contribution in [0.3, 0.4) is 0 Å². The molecule has 1 aromatic heterocycles. The standard InChI is InChI=1S/C26H29N2O/c1-19-9-11-20(12-10-19)17-23-22-7-5-6-8-25(22)28(4)26-14-13-21(18-24(23)26)29-16-15-27(2)3/h5-14,18H,15-17H2,1-4H3/q+1. The van der Waals surface area contributed by atoms with Crippen LogP contribution in [0.2, 0.25) is 0 Å². The van der Waals surface area contributed by atoms with Crippen LogP contribution in [0.25, 0.3) is 21.8 Å². The van der Waals surface area contributed by atoms with Gasteiger partial charge in [-0.1, -0.05) is 42.0 Å². The summed E-state index contributed by atoms with van der Waals surface area (Å²) in [6.45, 7) is 3.72. The third-order valence-corrected chi connectivity index (χ3v) is 5.55. The molecule has 4 rings (SSSR count). The summed E-state index contributed by atoms with van der Waals surface area (Å²) < 4.78 is 8.33. The molecule has 4 aromatic rings. The molecule has 29 heavy (non-hydrogen) atoms. The fourth-order valence-electron chi connectivity index (χ4n) is 3.88. The van der Waals surface area contributed by atoms with Gasteiger partial charge in [0.25, 0.3) is 0 Å². The molecule has 0 fully saturated rings. The van der Waals surface area contributed by atoms with Crippen LogP contribution < -0.4 is 9.30 Å². The molecular weight excluding hydrogens is 356 g/mol. The van der Waals surface area contributed by atoms with Crippen LogP contribution >= 0.6 is 0 Å². The highest BCUT2D eigenvalue weighted by Gasteiger charge is 2.18. The maximum absolute atomic E-state index is 6.05. The summed E-state index contributed by atoms with van der Waals surface area (Å²) in [5.74, 6) is 0.930. The van der Waals surface area contributed by atoms with Crippen LogP contribution in [0.15, 0.2) is 66.7 Å². The highest BCUT2D eigenvalue weighted by atomic mass is 16.5. The Morgan fingerprint density at radius 1 is 0.862 bits per heavy atom. The van der Waals surface area contributed by atoms with Crippen molar-refractivity contribution in [2.75, 3.05) is 27.2 Å². The summed E-state index contributed by atoms with van der Waals surface area (Å²) in [5.41, 5.74) is 6.46. The number of nitrogens with zero attached hydrogens (tertiary/aromatic N) is 2. The van der Waals surface area contributed by atoms with E-state index in [2.05, 4.69) is 104 Å². The van der Waals surface area contributed by atoms with E-state index in [1.54, 1.807) is 0 Å². The predicted molar refractivity (Wildman–Crippen MR) is 121 cm³/mol. The molecule has 0 aliphatic rings. The molecule has 0 bridgehead atoms. The molecule has 0 aliphatic carbocycles. The Bertz CT molecular complexity index is 1150. The van der Waals surface area contributed by atoms with E-state index in [-0.39, 0.29) is 0 Å². The Labute approximate surface area is 173 Å². The topological polar surface area (TPSA) is 16.4 Å². The molecule has 0 aliphatic heterocycles. The van der Waals surface area contributed by atoms with Crippen molar-refractivity contribution in [1.29, 1.82) is 0 Å². The minimum absolute atomic E-state index is 0.686. The van der Waals surface area contributed by atoms with Gasteiger partial charge < -0.3 is 9.64 Å². The minimum Gasteiger partial charge on any atom is -0.492 e. The molecule has 3 heteroatoms. The van der Waals surface area contributed by atoms with E-state index in [9.17, 15) is 0 Å². The molecule has 0 radical (unpaired) electrons. The molecule has 1 heterocycles. The largest absolute Gasteiger partial charge is 0.492 e. The summed E-state index contributed by atoms with van der Waals surface area (Å²) in [6, 6.07) is 24.0. The smallest absolute Gasteiger partial charge is 0.213 e. The monoisotopic (exact) mass is 385 g/mol. The van der Waals surface area contributed by atoms with Crippen LogP contribution in [-0.2, 0) is 13.5 Å². The molecule has 3 nitrogen and oxygen atoms in total. The Balaban J connectivity index is 1.85. The normalized spacial score (nSPS) is 11.5. The minimum atomic E-state index is 0.686. The first-order chi connectivity index (χ1) is 14.0. The lowest BCUT2D eigenvalue weighted by atomic mass is 9.95. The Kier molecular flexibility index (Phi) is 5.50. The van der Waals surface area contributed by atoms with Gasteiger partial charge in [0.2, 0.25) is 11.0 Å². The number of rotatable bonds is 6. The first-order valence-corrected chi connectivity index (χ1v) is 10.2. The lowest BCUT2D eigenvalue weighted by Crippen LogP contribution is -2.30. The van der Waals surface area contributed by atoms with Gasteiger partial charge in [0, 0.05) is 18.7 Å². The molecular formula is C26H29N2O+. The summed E-state index contributed by atoms with van der Waals surface area (Å²) >= 11 is 0. The molecule has 0 saturated heterocycles. The van der Waals surface area contributed by atoms with Crippen molar-refractivity contribution in [3.05, 3.63) is 83.4 Å². The zero-order valence-electron chi connectivity index (χ0n) is 17.8. The SMILES string of the molecule is Cc1ccc(Cc2c3ccccc3[n+](C)c3ccc(OCCN(C)C)cc23)cc1. The van der Waals surface area contributed by atoms with Crippen LogP contribution in [0.1, 0.15) is 16.7 Å². The number of fused-ring (bicyclic) bond motifs is 2. The van der Waals surface area contributed by atoms with E-state index in [1.165, 1.54) is 38.5 Å². The van der Waals surface area contributed by atoms with E-state index in [0.29, 0.717) is 6.61 Å². The number of hydrogen-bond donors (Lipinski definition) is 0. The predicted octanol–water partition coefficient (Wildman–Crippen LogP) is 4.66. The highest BCUT2D eigenvalue weighted by molar-refractivity contribution is 5.94. The molecule has 0 atom stereocenters. The number of aryl methyl sites for hydroxylation is 2.